The van der Waals surface area contributed by atoms with Gasteiger partial charge in [-0.1, -0.05) is 23.7 Å². The van der Waals surface area contributed by atoms with E-state index in [1.807, 2.05) is 6.07 Å². The summed E-state index contributed by atoms with van der Waals surface area (Å²) in [5, 5.41) is 28.4. The highest BCUT2D eigenvalue weighted by atomic mass is 35.5. The molecule has 9 nitrogen and oxygen atoms in total. The largest absolute Gasteiger partial charge is 0.542 e. The summed E-state index contributed by atoms with van der Waals surface area (Å²) in [6.45, 7) is 1.73. The molecule has 0 aliphatic carbocycles. The molecule has 0 aliphatic rings. The first-order valence-electron chi connectivity index (χ1n) is 10.2. The van der Waals surface area contributed by atoms with Crippen LogP contribution in [0.3, 0.4) is 0 Å². The minimum atomic E-state index is -5.19. The Morgan fingerprint density at radius 1 is 1.11 bits per heavy atom. The number of imidazole rings is 1. The molecule has 37 heavy (non-hydrogen) atoms. The van der Waals surface area contributed by atoms with Gasteiger partial charge in [-0.05, 0) is 48.4 Å². The Morgan fingerprint density at radius 3 is 2.38 bits per heavy atom. The van der Waals surface area contributed by atoms with Gasteiger partial charge in [-0.2, -0.15) is 13.2 Å². The first-order valence-corrected chi connectivity index (χ1v) is 10.6. The fourth-order valence-electron chi connectivity index (χ4n) is 3.19. The van der Waals surface area contributed by atoms with E-state index < -0.39 is 18.1 Å². The van der Waals surface area contributed by atoms with Crippen molar-refractivity contribution in [1.29, 1.82) is 0 Å². The van der Waals surface area contributed by atoms with Gasteiger partial charge in [0.05, 0.1) is 17.7 Å². The molecule has 0 aliphatic heterocycles. The number of alkyl halides is 3. The van der Waals surface area contributed by atoms with Gasteiger partial charge in [0.2, 0.25) is 0 Å². The number of aryl methyl sites for hydroxylation is 1. The van der Waals surface area contributed by atoms with Crippen LogP contribution in [-0.4, -0.2) is 40.4 Å². The number of aromatic hydroxyl groups is 1. The monoisotopic (exact) mass is 538 g/mol. The molecule has 13 heteroatoms. The third kappa shape index (κ3) is 6.41. The maximum Gasteiger partial charge on any atom is 0.458 e. The Bertz CT molecular complexity index is 1490. The van der Waals surface area contributed by atoms with Gasteiger partial charge in [-0.3, -0.25) is 0 Å². The van der Waals surface area contributed by atoms with Gasteiger partial charge < -0.3 is 29.6 Å². The van der Waals surface area contributed by atoms with Gasteiger partial charge in [0.15, 0.2) is 22.5 Å². The van der Waals surface area contributed by atoms with E-state index >= 15 is 0 Å². The van der Waals surface area contributed by atoms with E-state index in [4.69, 9.17) is 31.0 Å². The number of carboxylic acid groups (broad SMARTS) is 2. The van der Waals surface area contributed by atoms with Gasteiger partial charge in [-0.15, -0.1) is 0 Å². The SMILES string of the molecule is COc1cc(-c2cc3[nH+]c(Oc4ccc(C)c(C(=O)O)c4)[nH]c3cc2Cl)ccc1O.O=C([O-])C(F)(F)F. The number of phenols is 1. The van der Waals surface area contributed by atoms with Crippen LogP contribution in [0.15, 0.2) is 48.5 Å². The predicted octanol–water partition coefficient (Wildman–Crippen LogP) is 4.11. The number of aromatic amines is 2. The van der Waals surface area contributed by atoms with Crippen LogP contribution in [0.4, 0.5) is 13.2 Å². The van der Waals surface area contributed by atoms with E-state index in [1.165, 1.54) is 13.2 Å². The fourth-order valence-corrected chi connectivity index (χ4v) is 3.46. The minimum Gasteiger partial charge on any atom is -0.542 e. The number of ether oxygens (including phenoxy) is 2. The van der Waals surface area contributed by atoms with Gasteiger partial charge >= 0.3 is 18.2 Å². The van der Waals surface area contributed by atoms with Crippen LogP contribution >= 0.6 is 11.6 Å². The topological polar surface area (TPSA) is 146 Å². The van der Waals surface area contributed by atoms with Crippen molar-refractivity contribution in [2.75, 3.05) is 7.11 Å². The number of nitrogens with one attached hydrogen (secondary N) is 2. The zero-order valence-corrected chi connectivity index (χ0v) is 19.8. The van der Waals surface area contributed by atoms with Crippen LogP contribution in [0.2, 0.25) is 5.02 Å². The van der Waals surface area contributed by atoms with Crippen molar-refractivity contribution in [3.8, 4) is 34.4 Å². The molecule has 0 spiro atoms. The fraction of sp³-hybridized carbons (Fsp3) is 0.125. The number of H-pyrrole nitrogens is 2. The lowest BCUT2D eigenvalue weighted by Gasteiger charge is -2.08. The van der Waals surface area contributed by atoms with Crippen molar-refractivity contribution in [1.82, 2.24) is 4.98 Å². The number of carbonyl (C=O) groups is 2. The molecule has 0 atom stereocenters. The smallest absolute Gasteiger partial charge is 0.458 e. The normalized spacial score (nSPS) is 11.0. The summed E-state index contributed by atoms with van der Waals surface area (Å²) < 4.78 is 42.5. The molecule has 194 valence electrons. The number of carboxylic acids is 2. The summed E-state index contributed by atoms with van der Waals surface area (Å²) in [4.78, 5) is 26.3. The quantitative estimate of drug-likeness (QED) is 0.346. The Balaban J connectivity index is 0.000000479. The molecule has 0 bridgehead atoms. The van der Waals surface area contributed by atoms with E-state index in [-0.39, 0.29) is 11.3 Å². The van der Waals surface area contributed by atoms with Crippen LogP contribution in [0.1, 0.15) is 15.9 Å². The van der Waals surface area contributed by atoms with E-state index in [1.54, 1.807) is 43.3 Å². The van der Waals surface area contributed by atoms with Crippen LogP contribution in [0.5, 0.6) is 23.3 Å². The van der Waals surface area contributed by atoms with E-state index in [9.17, 15) is 28.2 Å². The average molecular weight is 539 g/mol. The number of halogens is 4. The lowest BCUT2D eigenvalue weighted by molar-refractivity contribution is -0.359. The summed E-state index contributed by atoms with van der Waals surface area (Å²) >= 11 is 6.47. The standard InChI is InChI=1S/C22H17ClN2O5.C2HF3O2/c1-11-3-5-13(8-14(11)21(27)28)30-22-24-17-9-15(16(23)10-18(17)25-22)12-4-6-19(26)20(7-12)29-2;3-2(4,5)1(6)7/h3-10,26H,1-2H3,(H,24,25)(H,27,28);(H,6,7). The molecule has 0 unspecified atom stereocenters. The predicted molar refractivity (Wildman–Crippen MR) is 123 cm³/mol. The highest BCUT2D eigenvalue weighted by Gasteiger charge is 2.28. The first-order chi connectivity index (χ1) is 17.3. The third-order valence-corrected chi connectivity index (χ3v) is 5.30. The van der Waals surface area contributed by atoms with Crippen LogP contribution in [-0.2, 0) is 4.79 Å². The maximum absolute atomic E-state index is 11.3. The Kier molecular flexibility index (Phi) is 7.82. The molecule has 0 saturated heterocycles. The highest BCUT2D eigenvalue weighted by molar-refractivity contribution is 6.34. The second kappa shape index (κ2) is 10.7. The van der Waals surface area contributed by atoms with Gasteiger partial charge in [-0.25, -0.2) is 14.8 Å². The number of rotatable bonds is 5. The summed E-state index contributed by atoms with van der Waals surface area (Å²) in [7, 11) is 1.48. The molecule has 0 fully saturated rings. The number of carbonyl (C=O) groups excluding carboxylic acids is 1. The number of benzene rings is 3. The van der Waals surface area contributed by atoms with Gasteiger partial charge in [0.25, 0.3) is 0 Å². The molecule has 1 heterocycles. The molecule has 3 aromatic carbocycles. The van der Waals surface area contributed by atoms with Gasteiger partial charge in [0, 0.05) is 11.6 Å². The Morgan fingerprint density at radius 2 is 1.78 bits per heavy atom. The first kappa shape index (κ1) is 27.1. The number of fused-ring (bicyclic) bond motifs is 1. The second-order valence-electron chi connectivity index (χ2n) is 7.51. The zero-order chi connectivity index (χ0) is 27.5. The van der Waals surface area contributed by atoms with Crippen molar-refractivity contribution in [2.45, 2.75) is 13.1 Å². The molecule has 4 aromatic rings. The summed E-state index contributed by atoms with van der Waals surface area (Å²) in [5.74, 6) is -3.25. The Labute approximate surface area is 211 Å². The number of hydrogen-bond donors (Lipinski definition) is 3. The van der Waals surface area contributed by atoms with Crippen molar-refractivity contribution in [3.05, 3.63) is 64.7 Å². The van der Waals surface area contributed by atoms with E-state index in [0.29, 0.717) is 28.1 Å². The number of methoxy groups -OCH3 is 1. The second-order valence-corrected chi connectivity index (χ2v) is 7.92. The van der Waals surface area contributed by atoms with E-state index in [2.05, 4.69) is 9.97 Å². The van der Waals surface area contributed by atoms with Crippen molar-refractivity contribution in [3.63, 3.8) is 0 Å². The zero-order valence-electron chi connectivity index (χ0n) is 19.1. The maximum atomic E-state index is 11.3. The summed E-state index contributed by atoms with van der Waals surface area (Å²) in [6, 6.07) is 13.8. The van der Waals surface area contributed by atoms with Crippen LogP contribution in [0.25, 0.3) is 22.2 Å². The minimum absolute atomic E-state index is 0.0428. The molecule has 0 saturated carbocycles. The third-order valence-electron chi connectivity index (χ3n) is 4.99. The van der Waals surface area contributed by atoms with Crippen LogP contribution < -0.4 is 19.6 Å². The number of phenolic OH excluding ortho intramolecular Hbond substituents is 1. The van der Waals surface area contributed by atoms with Crippen LogP contribution in [0, 0.1) is 6.92 Å². The number of aromatic carboxylic acids is 1. The Hall–Kier alpha value is -4.45. The molecule has 4 N–H and O–H groups in total. The number of hydrogen-bond acceptors (Lipinski definition) is 6. The highest BCUT2D eigenvalue weighted by Crippen LogP contribution is 2.36. The molecule has 0 radical (unpaired) electrons. The molecule has 1 aromatic heterocycles. The average Bonchev–Trinajstić information content (AvgIpc) is 3.20. The lowest BCUT2D eigenvalue weighted by Crippen LogP contribution is -2.37. The molecule has 0 amide bonds. The lowest BCUT2D eigenvalue weighted by atomic mass is 10.0. The molecule has 4 rings (SSSR count). The molecular formula is C24H18ClF3N2O7. The van der Waals surface area contributed by atoms with Gasteiger partial charge in [0.1, 0.15) is 11.7 Å². The van der Waals surface area contributed by atoms with Crippen molar-refractivity contribution >= 4 is 34.6 Å². The van der Waals surface area contributed by atoms with Crippen molar-refractivity contribution in [2.24, 2.45) is 0 Å². The summed E-state index contributed by atoms with van der Waals surface area (Å²) in [5.41, 5.74) is 3.80. The summed E-state index contributed by atoms with van der Waals surface area (Å²) in [6.07, 6.45) is -5.19. The van der Waals surface area contributed by atoms with E-state index in [0.717, 1.165) is 22.2 Å². The number of aromatic nitrogens is 2. The number of aliphatic carboxylic acids is 1. The van der Waals surface area contributed by atoms with Crippen molar-refractivity contribution < 1.29 is 52.5 Å². The molecular weight excluding hydrogens is 521 g/mol.